The van der Waals surface area contributed by atoms with Gasteiger partial charge in [0, 0.05) is 0 Å². The van der Waals surface area contributed by atoms with Crippen LogP contribution in [0.5, 0.6) is 0 Å². The van der Waals surface area contributed by atoms with Crippen molar-refractivity contribution in [1.82, 2.24) is 5.48 Å². The summed E-state index contributed by atoms with van der Waals surface area (Å²) in [4.78, 5) is 27.6. The first kappa shape index (κ1) is 17.6. The lowest BCUT2D eigenvalue weighted by molar-refractivity contribution is -0.130. The lowest BCUT2D eigenvalue weighted by Crippen LogP contribution is -2.28. The normalized spacial score (nSPS) is 12.6. The molecule has 0 atom stereocenters. The first-order valence-corrected chi connectivity index (χ1v) is 5.99. The molecule has 0 unspecified atom stereocenters. The van der Waals surface area contributed by atoms with Gasteiger partial charge in [-0.15, -0.1) is 11.8 Å². The molecule has 0 aliphatic heterocycles. The minimum absolute atomic E-state index is 0.108. The van der Waals surface area contributed by atoms with Gasteiger partial charge in [0.1, 0.15) is 17.1 Å². The van der Waals surface area contributed by atoms with Crippen LogP contribution in [0.2, 0.25) is 0 Å². The van der Waals surface area contributed by atoms with Crippen LogP contribution in [0.3, 0.4) is 0 Å². The van der Waals surface area contributed by atoms with E-state index in [2.05, 4.69) is 21.7 Å². The minimum Gasteiger partial charge on any atom is -0.271 e. The molecule has 19 heavy (non-hydrogen) atoms. The molecule has 0 bridgehead atoms. The molecular weight excluding hydrogens is 287 g/mol. The molecule has 0 rings (SSSR count). The van der Waals surface area contributed by atoms with Gasteiger partial charge < -0.3 is 0 Å². The van der Waals surface area contributed by atoms with Gasteiger partial charge in [0.05, 0.1) is 6.61 Å². The molecule has 0 fully saturated rings. The SMILES string of the molecule is C=N/C(C(=O)NOCCN=O)=C(\SCC)C(F)(F)F. The third kappa shape index (κ3) is 6.34. The largest absolute Gasteiger partial charge is 0.424 e. The summed E-state index contributed by atoms with van der Waals surface area (Å²) in [7, 11) is 0. The van der Waals surface area contributed by atoms with E-state index < -0.39 is 22.7 Å². The lowest BCUT2D eigenvalue weighted by Gasteiger charge is -2.13. The number of thioether (sulfide) groups is 1. The van der Waals surface area contributed by atoms with Gasteiger partial charge in [-0.05, 0) is 12.5 Å². The lowest BCUT2D eigenvalue weighted by atomic mass is 10.3. The Balaban J connectivity index is 4.95. The maximum absolute atomic E-state index is 12.7. The van der Waals surface area contributed by atoms with Crippen molar-refractivity contribution in [1.29, 1.82) is 0 Å². The number of halogens is 3. The number of carbonyl (C=O) groups is 1. The van der Waals surface area contributed by atoms with Gasteiger partial charge in [0.25, 0.3) is 5.91 Å². The quantitative estimate of drug-likeness (QED) is 0.244. The third-order valence-electron chi connectivity index (χ3n) is 1.58. The molecule has 1 amide bonds. The van der Waals surface area contributed by atoms with Crippen molar-refractivity contribution in [2.75, 3.05) is 18.9 Å². The Bertz CT molecular complexity index is 371. The molecule has 10 heteroatoms. The Kier molecular flexibility index (Phi) is 8.00. The summed E-state index contributed by atoms with van der Waals surface area (Å²) in [6.07, 6.45) is -4.71. The van der Waals surface area contributed by atoms with E-state index in [-0.39, 0.29) is 18.9 Å². The number of hydrogen-bond donors (Lipinski definition) is 1. The van der Waals surface area contributed by atoms with Crippen molar-refractivity contribution in [2.24, 2.45) is 10.2 Å². The fourth-order valence-electron chi connectivity index (χ4n) is 0.923. The van der Waals surface area contributed by atoms with Gasteiger partial charge in [0.2, 0.25) is 0 Å². The topological polar surface area (TPSA) is 80.1 Å². The van der Waals surface area contributed by atoms with Crippen LogP contribution in [0, 0.1) is 4.91 Å². The number of carbonyl (C=O) groups excluding carboxylic acids is 1. The van der Waals surface area contributed by atoms with Crippen LogP contribution >= 0.6 is 11.8 Å². The third-order valence-corrected chi connectivity index (χ3v) is 2.59. The van der Waals surface area contributed by atoms with Gasteiger partial charge in [-0.2, -0.15) is 18.1 Å². The van der Waals surface area contributed by atoms with E-state index in [1.165, 1.54) is 6.92 Å². The van der Waals surface area contributed by atoms with Crippen LogP contribution in [0.25, 0.3) is 0 Å². The van der Waals surface area contributed by atoms with Gasteiger partial charge >= 0.3 is 6.18 Å². The van der Waals surface area contributed by atoms with Crippen LogP contribution in [0.15, 0.2) is 20.8 Å². The number of allylic oxidation sites excluding steroid dienone is 1. The molecule has 0 spiro atoms. The Morgan fingerprint density at radius 3 is 2.53 bits per heavy atom. The molecule has 108 valence electrons. The second-order valence-corrected chi connectivity index (χ2v) is 4.17. The smallest absolute Gasteiger partial charge is 0.271 e. The molecule has 0 aromatic heterocycles. The highest BCUT2D eigenvalue weighted by atomic mass is 32.2. The zero-order valence-corrected chi connectivity index (χ0v) is 10.8. The standard InChI is InChI=1S/C9H12F3N3O3S/c1-3-19-7(9(10,11)12)6(13-2)8(16)15-18-5-4-14-17/h2-5H2,1H3,(H,15,16)/b7-6-. The molecule has 0 aromatic rings. The molecule has 1 N–H and O–H groups in total. The summed E-state index contributed by atoms with van der Waals surface area (Å²) in [5, 5.41) is 2.44. The van der Waals surface area contributed by atoms with Gasteiger partial charge in [-0.3, -0.25) is 14.6 Å². The maximum atomic E-state index is 12.7. The summed E-state index contributed by atoms with van der Waals surface area (Å²) < 4.78 is 38.1. The van der Waals surface area contributed by atoms with Crippen LogP contribution < -0.4 is 5.48 Å². The van der Waals surface area contributed by atoms with Crippen molar-refractivity contribution in [2.45, 2.75) is 13.1 Å². The molecule has 6 nitrogen and oxygen atoms in total. The van der Waals surface area contributed by atoms with E-state index in [0.29, 0.717) is 11.8 Å². The van der Waals surface area contributed by atoms with Crippen molar-refractivity contribution in [3.8, 4) is 0 Å². The van der Waals surface area contributed by atoms with Gasteiger partial charge in [-0.1, -0.05) is 12.1 Å². The zero-order valence-electron chi connectivity index (χ0n) is 9.99. The number of amides is 1. The van der Waals surface area contributed by atoms with Crippen LogP contribution in [-0.2, 0) is 9.63 Å². The summed E-state index contributed by atoms with van der Waals surface area (Å²) >= 11 is 0.424. The summed E-state index contributed by atoms with van der Waals surface area (Å²) in [5.74, 6) is -1.08. The molecule has 0 heterocycles. The van der Waals surface area contributed by atoms with E-state index in [1.807, 2.05) is 0 Å². The molecule has 0 saturated carbocycles. The number of hydrogen-bond acceptors (Lipinski definition) is 6. The number of hydroxylamine groups is 1. The second-order valence-electron chi connectivity index (χ2n) is 2.90. The molecule has 0 radical (unpaired) electrons. The predicted octanol–water partition coefficient (Wildman–Crippen LogP) is 2.03. The highest BCUT2D eigenvalue weighted by Gasteiger charge is 2.38. The van der Waals surface area contributed by atoms with Gasteiger partial charge in [-0.25, -0.2) is 5.48 Å². The Hall–Kier alpha value is -1.42. The summed E-state index contributed by atoms with van der Waals surface area (Å²) in [6, 6.07) is 0. The highest BCUT2D eigenvalue weighted by molar-refractivity contribution is 8.03. The number of alkyl halides is 3. The van der Waals surface area contributed by atoms with E-state index in [4.69, 9.17) is 0 Å². The number of aliphatic imine (C=N–C) groups is 1. The van der Waals surface area contributed by atoms with Crippen molar-refractivity contribution < 1.29 is 22.8 Å². The first-order valence-electron chi connectivity index (χ1n) is 5.00. The van der Waals surface area contributed by atoms with Gasteiger partial charge in [0.15, 0.2) is 0 Å². The van der Waals surface area contributed by atoms with E-state index in [1.54, 1.807) is 5.48 Å². The average Bonchev–Trinajstić information content (AvgIpc) is 2.33. The van der Waals surface area contributed by atoms with Crippen LogP contribution in [-0.4, -0.2) is 37.7 Å². The van der Waals surface area contributed by atoms with E-state index in [0.717, 1.165) is 0 Å². The molecule has 0 aliphatic rings. The average molecular weight is 299 g/mol. The predicted molar refractivity (Wildman–Crippen MR) is 65.5 cm³/mol. The molecular formula is C9H12F3N3O3S. The monoisotopic (exact) mass is 299 g/mol. The molecule has 0 aliphatic carbocycles. The molecule has 0 aromatic carbocycles. The van der Waals surface area contributed by atoms with Crippen LogP contribution in [0.1, 0.15) is 6.92 Å². The maximum Gasteiger partial charge on any atom is 0.424 e. The summed E-state index contributed by atoms with van der Waals surface area (Å²) in [5.41, 5.74) is 0.860. The fourth-order valence-corrected chi connectivity index (χ4v) is 1.67. The van der Waals surface area contributed by atoms with Crippen molar-refractivity contribution >= 4 is 24.4 Å². The summed E-state index contributed by atoms with van der Waals surface area (Å²) in [6.45, 7) is 3.95. The Morgan fingerprint density at radius 2 is 2.11 bits per heavy atom. The number of nitrogens with one attached hydrogen (secondary N) is 1. The Morgan fingerprint density at radius 1 is 1.47 bits per heavy atom. The van der Waals surface area contributed by atoms with E-state index in [9.17, 15) is 22.9 Å². The second kappa shape index (κ2) is 8.64. The minimum atomic E-state index is -4.71. The highest BCUT2D eigenvalue weighted by Crippen LogP contribution is 2.37. The van der Waals surface area contributed by atoms with Crippen LogP contribution in [0.4, 0.5) is 13.2 Å². The first-order chi connectivity index (χ1) is 8.88. The zero-order chi connectivity index (χ0) is 14.9. The fraction of sp³-hybridized carbons (Fsp3) is 0.556. The number of rotatable bonds is 8. The molecule has 0 saturated heterocycles. The number of nitroso groups, excluding NO2 is 1. The number of nitrogens with zero attached hydrogens (tertiary/aromatic N) is 2. The van der Waals surface area contributed by atoms with Crippen molar-refractivity contribution in [3.63, 3.8) is 0 Å². The van der Waals surface area contributed by atoms with Crippen molar-refractivity contribution in [3.05, 3.63) is 15.5 Å². The Labute approximate surface area is 111 Å². The van der Waals surface area contributed by atoms with E-state index >= 15 is 0 Å².